The summed E-state index contributed by atoms with van der Waals surface area (Å²) < 4.78 is 0. The van der Waals surface area contributed by atoms with E-state index in [1.807, 2.05) is 18.2 Å². The predicted molar refractivity (Wildman–Crippen MR) is 71.0 cm³/mol. The lowest BCUT2D eigenvalue weighted by Crippen LogP contribution is -2.23. The van der Waals surface area contributed by atoms with Gasteiger partial charge in [0.25, 0.3) is 0 Å². The zero-order valence-electron chi connectivity index (χ0n) is 10.3. The Bertz CT molecular complexity index is 313. The minimum atomic E-state index is 0.316. The van der Waals surface area contributed by atoms with Crippen LogP contribution in [0.15, 0.2) is 24.3 Å². The highest BCUT2D eigenvalue weighted by atomic mass is 35.5. The summed E-state index contributed by atoms with van der Waals surface area (Å²) >= 11 is 6.13. The van der Waals surface area contributed by atoms with Crippen LogP contribution in [-0.4, -0.2) is 32.1 Å². The SMILES string of the molecule is CC(NCCCN(C)C)c1ccccc1Cl. The molecule has 0 saturated heterocycles. The Balaban J connectivity index is 2.35. The first kappa shape index (κ1) is 13.5. The molecule has 0 amide bonds. The Morgan fingerprint density at radius 2 is 2.00 bits per heavy atom. The van der Waals surface area contributed by atoms with E-state index in [0.29, 0.717) is 6.04 Å². The minimum Gasteiger partial charge on any atom is -0.310 e. The fourth-order valence-electron chi connectivity index (χ4n) is 1.65. The van der Waals surface area contributed by atoms with Gasteiger partial charge in [0.05, 0.1) is 0 Å². The van der Waals surface area contributed by atoms with Crippen molar-refractivity contribution >= 4 is 11.6 Å². The zero-order valence-corrected chi connectivity index (χ0v) is 11.1. The molecule has 1 N–H and O–H groups in total. The highest BCUT2D eigenvalue weighted by molar-refractivity contribution is 6.31. The monoisotopic (exact) mass is 240 g/mol. The first-order chi connectivity index (χ1) is 7.61. The summed E-state index contributed by atoms with van der Waals surface area (Å²) in [7, 11) is 4.19. The van der Waals surface area contributed by atoms with Gasteiger partial charge in [0.15, 0.2) is 0 Å². The molecule has 0 aliphatic rings. The van der Waals surface area contributed by atoms with E-state index in [0.717, 1.165) is 24.5 Å². The average molecular weight is 241 g/mol. The molecule has 0 heterocycles. The van der Waals surface area contributed by atoms with Crippen LogP contribution in [0.3, 0.4) is 0 Å². The van der Waals surface area contributed by atoms with Crippen LogP contribution in [0.25, 0.3) is 0 Å². The second kappa shape index (κ2) is 6.89. The Morgan fingerprint density at radius 1 is 1.31 bits per heavy atom. The van der Waals surface area contributed by atoms with Crippen LogP contribution >= 0.6 is 11.6 Å². The second-order valence-electron chi connectivity index (χ2n) is 4.35. The van der Waals surface area contributed by atoms with Crippen molar-refractivity contribution in [1.82, 2.24) is 10.2 Å². The van der Waals surface area contributed by atoms with Crippen molar-refractivity contribution in [3.8, 4) is 0 Å². The number of hydrogen-bond acceptors (Lipinski definition) is 2. The van der Waals surface area contributed by atoms with Crippen LogP contribution in [0.1, 0.15) is 24.9 Å². The second-order valence-corrected chi connectivity index (χ2v) is 4.76. The Labute approximate surface area is 104 Å². The van der Waals surface area contributed by atoms with Gasteiger partial charge in [-0.15, -0.1) is 0 Å². The Kier molecular flexibility index (Phi) is 5.81. The third kappa shape index (κ3) is 4.52. The van der Waals surface area contributed by atoms with E-state index >= 15 is 0 Å². The average Bonchev–Trinajstić information content (AvgIpc) is 2.24. The van der Waals surface area contributed by atoms with Crippen LogP contribution in [0.4, 0.5) is 0 Å². The molecule has 3 heteroatoms. The number of hydrogen-bond donors (Lipinski definition) is 1. The summed E-state index contributed by atoms with van der Waals surface area (Å²) in [6.45, 7) is 4.28. The molecule has 2 nitrogen and oxygen atoms in total. The van der Waals surface area contributed by atoms with Gasteiger partial charge in [0.1, 0.15) is 0 Å². The molecule has 1 rings (SSSR count). The molecule has 0 aromatic heterocycles. The van der Waals surface area contributed by atoms with Gasteiger partial charge in [-0.2, -0.15) is 0 Å². The highest BCUT2D eigenvalue weighted by Gasteiger charge is 2.07. The topological polar surface area (TPSA) is 15.3 Å². The van der Waals surface area contributed by atoms with Crippen molar-refractivity contribution < 1.29 is 0 Å². The first-order valence-corrected chi connectivity index (χ1v) is 6.11. The summed E-state index contributed by atoms with van der Waals surface area (Å²) in [4.78, 5) is 2.20. The molecule has 0 bridgehead atoms. The maximum atomic E-state index is 6.13. The fourth-order valence-corrected chi connectivity index (χ4v) is 1.95. The molecule has 0 fully saturated rings. The molecule has 16 heavy (non-hydrogen) atoms. The Morgan fingerprint density at radius 3 is 2.62 bits per heavy atom. The van der Waals surface area contributed by atoms with Gasteiger partial charge in [-0.05, 0) is 52.2 Å². The third-order valence-corrected chi connectivity index (χ3v) is 2.95. The van der Waals surface area contributed by atoms with Crippen LogP contribution in [0, 0.1) is 0 Å². The van der Waals surface area contributed by atoms with Gasteiger partial charge in [-0.25, -0.2) is 0 Å². The van der Waals surface area contributed by atoms with E-state index < -0.39 is 0 Å². The van der Waals surface area contributed by atoms with E-state index in [4.69, 9.17) is 11.6 Å². The van der Waals surface area contributed by atoms with Gasteiger partial charge in [0.2, 0.25) is 0 Å². The zero-order chi connectivity index (χ0) is 12.0. The standard InChI is InChI=1S/C13H21ClN2/c1-11(15-9-6-10-16(2)3)12-7-4-5-8-13(12)14/h4-5,7-8,11,15H,6,9-10H2,1-3H3. The van der Waals surface area contributed by atoms with Crippen molar-refractivity contribution in [2.45, 2.75) is 19.4 Å². The van der Waals surface area contributed by atoms with Crippen molar-refractivity contribution in [2.24, 2.45) is 0 Å². The van der Waals surface area contributed by atoms with Crippen molar-refractivity contribution in [3.05, 3.63) is 34.9 Å². The lowest BCUT2D eigenvalue weighted by molar-refractivity contribution is 0.389. The normalized spacial score (nSPS) is 13.1. The quantitative estimate of drug-likeness (QED) is 0.770. The molecule has 0 spiro atoms. The van der Waals surface area contributed by atoms with Gasteiger partial charge < -0.3 is 10.2 Å². The number of rotatable bonds is 6. The summed E-state index contributed by atoms with van der Waals surface area (Å²) in [5.74, 6) is 0. The third-order valence-electron chi connectivity index (χ3n) is 2.60. The highest BCUT2D eigenvalue weighted by Crippen LogP contribution is 2.21. The molecule has 0 radical (unpaired) electrons. The van der Waals surface area contributed by atoms with Crippen molar-refractivity contribution in [1.29, 1.82) is 0 Å². The Hall–Kier alpha value is -0.570. The number of nitrogens with one attached hydrogen (secondary N) is 1. The van der Waals surface area contributed by atoms with Crippen LogP contribution in [0.2, 0.25) is 5.02 Å². The van der Waals surface area contributed by atoms with Gasteiger partial charge >= 0.3 is 0 Å². The number of benzene rings is 1. The molecule has 1 atom stereocenters. The molecule has 1 unspecified atom stereocenters. The summed E-state index contributed by atoms with van der Waals surface area (Å²) in [6, 6.07) is 8.32. The van der Waals surface area contributed by atoms with E-state index in [1.165, 1.54) is 5.56 Å². The molecular weight excluding hydrogens is 220 g/mol. The molecule has 1 aromatic rings. The summed E-state index contributed by atoms with van der Waals surface area (Å²) in [5.41, 5.74) is 1.18. The van der Waals surface area contributed by atoms with E-state index in [2.05, 4.69) is 37.3 Å². The fraction of sp³-hybridized carbons (Fsp3) is 0.538. The smallest absolute Gasteiger partial charge is 0.0453 e. The van der Waals surface area contributed by atoms with E-state index in [-0.39, 0.29) is 0 Å². The molecule has 0 saturated carbocycles. The maximum Gasteiger partial charge on any atom is 0.0453 e. The van der Waals surface area contributed by atoms with Crippen molar-refractivity contribution in [3.63, 3.8) is 0 Å². The number of halogens is 1. The van der Waals surface area contributed by atoms with E-state index in [1.54, 1.807) is 0 Å². The maximum absolute atomic E-state index is 6.13. The largest absolute Gasteiger partial charge is 0.310 e. The minimum absolute atomic E-state index is 0.316. The van der Waals surface area contributed by atoms with Crippen LogP contribution in [-0.2, 0) is 0 Å². The first-order valence-electron chi connectivity index (χ1n) is 5.74. The molecular formula is C13H21ClN2. The molecule has 0 aliphatic carbocycles. The lowest BCUT2D eigenvalue weighted by atomic mass is 10.1. The molecule has 90 valence electrons. The van der Waals surface area contributed by atoms with E-state index in [9.17, 15) is 0 Å². The summed E-state index contributed by atoms with van der Waals surface area (Å²) in [6.07, 6.45) is 1.15. The summed E-state index contributed by atoms with van der Waals surface area (Å²) in [5, 5.41) is 4.33. The van der Waals surface area contributed by atoms with Crippen LogP contribution < -0.4 is 5.32 Å². The predicted octanol–water partition coefficient (Wildman–Crippen LogP) is 2.94. The number of nitrogens with zero attached hydrogens (tertiary/aromatic N) is 1. The van der Waals surface area contributed by atoms with Crippen molar-refractivity contribution in [2.75, 3.05) is 27.2 Å². The van der Waals surface area contributed by atoms with Gasteiger partial charge in [0, 0.05) is 11.1 Å². The lowest BCUT2D eigenvalue weighted by Gasteiger charge is -2.16. The van der Waals surface area contributed by atoms with Gasteiger partial charge in [-0.3, -0.25) is 0 Å². The molecule has 0 aliphatic heterocycles. The van der Waals surface area contributed by atoms with Crippen LogP contribution in [0.5, 0.6) is 0 Å². The van der Waals surface area contributed by atoms with Gasteiger partial charge in [-0.1, -0.05) is 29.8 Å². The molecule has 1 aromatic carbocycles.